The second kappa shape index (κ2) is 16.4. The second-order valence-corrected chi connectivity index (χ2v) is 23.9. The Kier molecular flexibility index (Phi) is 9.36. The first kappa shape index (κ1) is 46.2. The predicted molar refractivity (Wildman–Crippen MR) is 346 cm³/mol. The topological polar surface area (TPSA) is 29.5 Å². The molecule has 2 nitrogen and oxygen atoms in total. The lowest BCUT2D eigenvalue weighted by Gasteiger charge is -2.23. The fraction of sp³-hybridized carbons (Fsp3) is 0.0886. The molecule has 1 N–H and O–H groups in total. The zero-order valence-electron chi connectivity index (χ0n) is 45.8. The first-order valence-corrected chi connectivity index (χ1v) is 28.4. The third-order valence-corrected chi connectivity index (χ3v) is 19.2. The molecule has 2 aliphatic rings. The molecule has 0 saturated heterocycles. The van der Waals surface area contributed by atoms with Gasteiger partial charge in [-0.3, -0.25) is 0 Å². The van der Waals surface area contributed by atoms with Crippen LogP contribution in [0.3, 0.4) is 0 Å². The molecule has 2 heteroatoms. The van der Waals surface area contributed by atoms with Crippen LogP contribution in [0.1, 0.15) is 49.9 Å². The largest absolute Gasteiger partial charge is 0.508 e. The van der Waals surface area contributed by atoms with Crippen LogP contribution >= 0.6 is 0 Å². The minimum absolute atomic E-state index is 0.121. The van der Waals surface area contributed by atoms with Crippen LogP contribution in [-0.4, -0.2) is 12.2 Å². The Morgan fingerprint density at radius 1 is 0.235 bits per heavy atom. The van der Waals surface area contributed by atoms with E-state index in [1.807, 2.05) is 12.1 Å². The first-order valence-electron chi connectivity index (χ1n) is 28.4. The minimum atomic E-state index is -0.144. The van der Waals surface area contributed by atoms with Crippen molar-refractivity contribution in [1.29, 1.82) is 0 Å². The number of hydrogen-bond acceptors (Lipinski definition) is 2. The summed E-state index contributed by atoms with van der Waals surface area (Å²) in [5.41, 5.74) is 10.7. The highest BCUT2D eigenvalue weighted by atomic mass is 16.5. The Morgan fingerprint density at radius 2 is 0.444 bits per heavy atom. The van der Waals surface area contributed by atoms with Crippen molar-refractivity contribution in [3.8, 4) is 33.8 Å². The van der Waals surface area contributed by atoms with Crippen molar-refractivity contribution < 1.29 is 9.84 Å². The molecule has 0 atom stereocenters. The lowest BCUT2D eigenvalue weighted by molar-refractivity contribution is 0.415. The average Bonchev–Trinajstić information content (AvgIpc) is 3.69. The zero-order chi connectivity index (χ0) is 54.2. The van der Waals surface area contributed by atoms with Crippen molar-refractivity contribution in [2.45, 2.75) is 38.5 Å². The molecule has 0 bridgehead atoms. The van der Waals surface area contributed by atoms with Crippen LogP contribution in [0.4, 0.5) is 0 Å². The Bertz CT molecular complexity index is 5520. The van der Waals surface area contributed by atoms with Gasteiger partial charge in [0.2, 0.25) is 0 Å². The van der Waals surface area contributed by atoms with Crippen LogP contribution in [0, 0.1) is 0 Å². The number of phenols is 1. The summed E-state index contributed by atoms with van der Waals surface area (Å²) < 4.78 is 5.63. The first-order chi connectivity index (χ1) is 39.5. The summed E-state index contributed by atoms with van der Waals surface area (Å²) in [6.07, 6.45) is 0. The van der Waals surface area contributed by atoms with E-state index >= 15 is 0 Å². The van der Waals surface area contributed by atoms with Gasteiger partial charge in [-0.05, 0) is 247 Å². The summed E-state index contributed by atoms with van der Waals surface area (Å²) >= 11 is 0. The van der Waals surface area contributed by atoms with Gasteiger partial charge in [0.1, 0.15) is 11.5 Å². The maximum Gasteiger partial charge on any atom is 0.119 e. The predicted octanol–water partition coefficient (Wildman–Crippen LogP) is 21.5. The average molecular weight is 1040 g/mol. The summed E-state index contributed by atoms with van der Waals surface area (Å²) in [5, 5.41) is 41.1. The van der Waals surface area contributed by atoms with E-state index in [9.17, 15) is 5.11 Å². The molecule has 0 amide bonds. The minimum Gasteiger partial charge on any atom is -0.508 e. The molecule has 0 radical (unpaired) electrons. The van der Waals surface area contributed by atoms with Crippen LogP contribution in [0.2, 0.25) is 0 Å². The molecule has 81 heavy (non-hydrogen) atoms. The maximum absolute atomic E-state index is 10.4. The number of methoxy groups -OCH3 is 1. The van der Waals surface area contributed by atoms with Crippen molar-refractivity contribution in [3.05, 3.63) is 253 Å². The number of aromatic hydroxyl groups is 1. The van der Waals surface area contributed by atoms with E-state index in [0.717, 1.165) is 11.1 Å². The molecule has 0 spiro atoms. The van der Waals surface area contributed by atoms with E-state index in [1.54, 1.807) is 7.11 Å². The second-order valence-electron chi connectivity index (χ2n) is 23.9. The Balaban J connectivity index is 0.000000129. The van der Waals surface area contributed by atoms with Gasteiger partial charge < -0.3 is 9.84 Å². The van der Waals surface area contributed by atoms with Gasteiger partial charge in [0.25, 0.3) is 0 Å². The van der Waals surface area contributed by atoms with Gasteiger partial charge in [0.15, 0.2) is 0 Å². The fourth-order valence-electron chi connectivity index (χ4n) is 15.2. The smallest absolute Gasteiger partial charge is 0.119 e. The van der Waals surface area contributed by atoms with Crippen molar-refractivity contribution in [2.75, 3.05) is 7.11 Å². The highest BCUT2D eigenvalue weighted by Crippen LogP contribution is 2.56. The molecule has 16 aromatic rings. The molecule has 0 fully saturated rings. The molecule has 0 aromatic heterocycles. The monoisotopic (exact) mass is 1030 g/mol. The number of benzene rings is 16. The normalized spacial score (nSPS) is 14.0. The third-order valence-electron chi connectivity index (χ3n) is 19.2. The molecule has 0 aliphatic heterocycles. The number of ether oxygens (including phenoxy) is 1. The van der Waals surface area contributed by atoms with Crippen molar-refractivity contribution >= 4 is 129 Å². The number of phenolic OH excluding ortho intramolecular Hbond substituents is 1. The van der Waals surface area contributed by atoms with Crippen LogP contribution in [0.25, 0.3) is 152 Å². The van der Waals surface area contributed by atoms with Crippen LogP contribution in [0.15, 0.2) is 231 Å². The quantitative estimate of drug-likeness (QED) is 0.166. The van der Waals surface area contributed by atoms with Gasteiger partial charge in [-0.2, -0.15) is 0 Å². The molecular weight excluding hydrogens is 981 g/mol. The van der Waals surface area contributed by atoms with E-state index in [1.165, 1.54) is 168 Å². The molecule has 16 aromatic carbocycles. The van der Waals surface area contributed by atoms with Gasteiger partial charge >= 0.3 is 0 Å². The summed E-state index contributed by atoms with van der Waals surface area (Å²) in [5.74, 6) is 1.19. The summed E-state index contributed by atoms with van der Waals surface area (Å²) in [7, 11) is 1.74. The summed E-state index contributed by atoms with van der Waals surface area (Å²) in [4.78, 5) is 0. The molecule has 382 valence electrons. The molecule has 0 saturated carbocycles. The summed E-state index contributed by atoms with van der Waals surface area (Å²) in [6, 6.07) is 84.8. The van der Waals surface area contributed by atoms with Crippen LogP contribution < -0.4 is 4.74 Å². The van der Waals surface area contributed by atoms with Gasteiger partial charge in [-0.15, -0.1) is 0 Å². The third kappa shape index (κ3) is 6.28. The lowest BCUT2D eigenvalue weighted by Crippen LogP contribution is -2.15. The molecular formula is C79H54O2. The standard InChI is InChI=1S/C40H28O.C39H26O/c1-40(2)38-21-34-27-13-7-5-11-25(27)24-10-4-6-12-26(24)32(34)19-36(38)37-20-33-29-15-9-8-14-28(29)31-18-23(41-3)16-17-30(31)35(33)22-39(37)40;1-39(2)37-20-33-26-12-6-4-10-24(26)23-9-3-5-11-25(23)31(33)18-35(37)36-19-32-28-14-8-7-13-27(28)30-17-22(40)15-16-29(30)34(32)21-38(36)39/h4-22H,1-3H3;3-21,40H,1-2H3. The zero-order valence-corrected chi connectivity index (χ0v) is 45.8. The lowest BCUT2D eigenvalue weighted by atomic mass is 9.80. The van der Waals surface area contributed by atoms with E-state index in [-0.39, 0.29) is 10.8 Å². The maximum atomic E-state index is 10.4. The Labute approximate surface area is 468 Å². The van der Waals surface area contributed by atoms with E-state index in [0.29, 0.717) is 5.75 Å². The van der Waals surface area contributed by atoms with Crippen molar-refractivity contribution in [2.24, 2.45) is 0 Å². The van der Waals surface area contributed by atoms with E-state index in [4.69, 9.17) is 4.74 Å². The van der Waals surface area contributed by atoms with Gasteiger partial charge in [-0.25, -0.2) is 0 Å². The number of rotatable bonds is 1. The molecule has 18 rings (SSSR count). The van der Waals surface area contributed by atoms with Crippen molar-refractivity contribution in [1.82, 2.24) is 0 Å². The molecule has 0 unspecified atom stereocenters. The SMILES string of the molecule is CC1(C)c2cc3c4ccccc4c4ccccc4c3cc2-c2cc3c4ccccc4c4cc(O)ccc4c3cc21.COc1ccc2c(c1)c1ccccc1c1cc3c(cc21)C(C)(C)c1cc2c4ccccc4c4ccccc4c2cc1-3. The highest BCUT2D eigenvalue weighted by molar-refractivity contribution is 6.31. The van der Waals surface area contributed by atoms with Gasteiger partial charge in [0.05, 0.1) is 7.11 Å². The van der Waals surface area contributed by atoms with Gasteiger partial charge in [-0.1, -0.05) is 185 Å². The Hall–Kier alpha value is -9.76. The molecule has 0 heterocycles. The van der Waals surface area contributed by atoms with E-state index < -0.39 is 0 Å². The van der Waals surface area contributed by atoms with Crippen LogP contribution in [-0.2, 0) is 10.8 Å². The molecule has 2 aliphatic carbocycles. The fourth-order valence-corrected chi connectivity index (χ4v) is 15.2. The highest BCUT2D eigenvalue weighted by Gasteiger charge is 2.38. The number of hydrogen-bond donors (Lipinski definition) is 1. The van der Waals surface area contributed by atoms with E-state index in [2.05, 4.69) is 246 Å². The summed E-state index contributed by atoms with van der Waals surface area (Å²) in [6.45, 7) is 9.52. The van der Waals surface area contributed by atoms with Crippen molar-refractivity contribution in [3.63, 3.8) is 0 Å². The van der Waals surface area contributed by atoms with Gasteiger partial charge in [0, 0.05) is 10.8 Å². The number of fused-ring (bicyclic) bond motifs is 30. The Morgan fingerprint density at radius 3 is 0.716 bits per heavy atom. The van der Waals surface area contributed by atoms with Crippen LogP contribution in [0.5, 0.6) is 11.5 Å².